The Hall–Kier alpha value is -1.39. The second-order valence-corrected chi connectivity index (χ2v) is 7.90. The number of ether oxygens (including phenoxy) is 1. The summed E-state index contributed by atoms with van der Waals surface area (Å²) < 4.78 is 5.47. The number of carbonyl (C=O) groups is 1. The number of hydrogen-bond donors (Lipinski definition) is 0. The highest BCUT2D eigenvalue weighted by molar-refractivity contribution is 5.81. The molecule has 4 nitrogen and oxygen atoms in total. The summed E-state index contributed by atoms with van der Waals surface area (Å²) in [7, 11) is 0. The van der Waals surface area contributed by atoms with Gasteiger partial charge in [-0.1, -0.05) is 30.3 Å². The van der Waals surface area contributed by atoms with Crippen LogP contribution in [0.3, 0.4) is 0 Å². The van der Waals surface area contributed by atoms with Gasteiger partial charge in [0.25, 0.3) is 0 Å². The number of benzene rings is 1. The molecule has 1 amide bonds. The van der Waals surface area contributed by atoms with Crippen molar-refractivity contribution in [3.63, 3.8) is 0 Å². The van der Waals surface area contributed by atoms with Gasteiger partial charge in [-0.3, -0.25) is 9.69 Å². The summed E-state index contributed by atoms with van der Waals surface area (Å²) in [4.78, 5) is 17.5. The Morgan fingerprint density at radius 2 is 1.84 bits per heavy atom. The summed E-state index contributed by atoms with van der Waals surface area (Å²) in [6.07, 6.45) is 4.51. The maximum Gasteiger partial charge on any atom is 0.226 e. The zero-order chi connectivity index (χ0) is 17.1. The van der Waals surface area contributed by atoms with Crippen molar-refractivity contribution in [2.24, 2.45) is 17.8 Å². The number of nitrogens with zero attached hydrogens (tertiary/aromatic N) is 2. The first kappa shape index (κ1) is 17.0. The molecule has 0 N–H and O–H groups in total. The summed E-state index contributed by atoms with van der Waals surface area (Å²) in [6.45, 7) is 6.68. The molecule has 0 bridgehead atoms. The van der Waals surface area contributed by atoms with E-state index >= 15 is 0 Å². The van der Waals surface area contributed by atoms with E-state index in [9.17, 15) is 4.79 Å². The van der Waals surface area contributed by atoms with Crippen LogP contribution in [0.5, 0.6) is 0 Å². The van der Waals surface area contributed by atoms with Gasteiger partial charge in [-0.2, -0.15) is 0 Å². The van der Waals surface area contributed by atoms with Crippen LogP contribution in [-0.2, 0) is 16.1 Å². The molecule has 0 unspecified atom stereocenters. The SMILES string of the molecule is O=C([C@@H]1C[C@H]1C1CCOCC1)N1CCCN(Cc2ccccc2)CC1. The third-order valence-electron chi connectivity index (χ3n) is 6.18. The molecular formula is C21H30N2O2. The number of carbonyl (C=O) groups excluding carboxylic acids is 1. The first-order valence-electron chi connectivity index (χ1n) is 9.94. The minimum Gasteiger partial charge on any atom is -0.381 e. The van der Waals surface area contributed by atoms with Crippen molar-refractivity contribution in [2.75, 3.05) is 39.4 Å². The van der Waals surface area contributed by atoms with Crippen LogP contribution in [0, 0.1) is 17.8 Å². The van der Waals surface area contributed by atoms with Crippen LogP contribution in [0.1, 0.15) is 31.2 Å². The molecular weight excluding hydrogens is 312 g/mol. The zero-order valence-corrected chi connectivity index (χ0v) is 15.1. The highest BCUT2D eigenvalue weighted by atomic mass is 16.5. The van der Waals surface area contributed by atoms with Crippen LogP contribution in [-0.4, -0.2) is 55.1 Å². The molecule has 2 aliphatic heterocycles. The normalized spacial score (nSPS) is 28.6. The maximum atomic E-state index is 12.9. The lowest BCUT2D eigenvalue weighted by Crippen LogP contribution is -2.36. The molecule has 0 aromatic heterocycles. The molecule has 0 spiro atoms. The number of hydrogen-bond acceptors (Lipinski definition) is 3. The molecule has 1 aromatic carbocycles. The van der Waals surface area contributed by atoms with Crippen molar-refractivity contribution >= 4 is 5.91 Å². The van der Waals surface area contributed by atoms with Gasteiger partial charge in [0.2, 0.25) is 5.91 Å². The first-order valence-corrected chi connectivity index (χ1v) is 9.94. The van der Waals surface area contributed by atoms with Gasteiger partial charge >= 0.3 is 0 Å². The van der Waals surface area contributed by atoms with E-state index in [4.69, 9.17) is 4.74 Å². The molecule has 0 radical (unpaired) electrons. The van der Waals surface area contributed by atoms with E-state index < -0.39 is 0 Å². The van der Waals surface area contributed by atoms with E-state index in [1.165, 1.54) is 5.56 Å². The van der Waals surface area contributed by atoms with Gasteiger partial charge in [-0.15, -0.1) is 0 Å². The Labute approximate surface area is 151 Å². The van der Waals surface area contributed by atoms with Crippen molar-refractivity contribution in [3.8, 4) is 0 Å². The summed E-state index contributed by atoms with van der Waals surface area (Å²) >= 11 is 0. The van der Waals surface area contributed by atoms with Gasteiger partial charge in [0.15, 0.2) is 0 Å². The zero-order valence-electron chi connectivity index (χ0n) is 15.1. The molecule has 2 heterocycles. The van der Waals surface area contributed by atoms with Gasteiger partial charge in [-0.05, 0) is 43.1 Å². The number of rotatable bonds is 4. The third kappa shape index (κ3) is 4.24. The van der Waals surface area contributed by atoms with Gasteiger partial charge in [-0.25, -0.2) is 0 Å². The molecule has 136 valence electrons. The fourth-order valence-electron chi connectivity index (χ4n) is 4.59. The Balaban J connectivity index is 1.27. The Kier molecular flexibility index (Phi) is 5.37. The minimum atomic E-state index is 0.309. The van der Waals surface area contributed by atoms with Gasteiger partial charge in [0, 0.05) is 51.9 Å². The minimum absolute atomic E-state index is 0.309. The van der Waals surface area contributed by atoms with Gasteiger partial charge < -0.3 is 9.64 Å². The van der Waals surface area contributed by atoms with Gasteiger partial charge in [0.05, 0.1) is 0 Å². The molecule has 3 fully saturated rings. The first-order chi connectivity index (χ1) is 12.3. The summed E-state index contributed by atoms with van der Waals surface area (Å²) in [6, 6.07) is 10.7. The number of amides is 1. The van der Waals surface area contributed by atoms with Crippen LogP contribution >= 0.6 is 0 Å². The molecule has 3 aliphatic rings. The van der Waals surface area contributed by atoms with Crippen molar-refractivity contribution in [1.82, 2.24) is 9.80 Å². The van der Waals surface area contributed by atoms with E-state index in [0.717, 1.165) is 77.5 Å². The quantitative estimate of drug-likeness (QED) is 0.843. The van der Waals surface area contributed by atoms with Crippen molar-refractivity contribution in [3.05, 3.63) is 35.9 Å². The highest BCUT2D eigenvalue weighted by Crippen LogP contribution is 2.48. The standard InChI is InChI=1S/C21H30N2O2/c24-21(20-15-19(20)18-7-13-25-14-8-18)23-10-4-9-22(11-12-23)16-17-5-2-1-3-6-17/h1-3,5-6,18-20H,4,7-16H2/t19-,20+/m0/s1. The van der Waals surface area contributed by atoms with E-state index in [0.29, 0.717) is 17.7 Å². The van der Waals surface area contributed by atoms with E-state index in [2.05, 4.69) is 40.1 Å². The molecule has 4 heteroatoms. The van der Waals surface area contributed by atoms with Gasteiger partial charge in [0.1, 0.15) is 0 Å². The van der Waals surface area contributed by atoms with Crippen LogP contribution in [0.2, 0.25) is 0 Å². The molecule has 1 saturated carbocycles. The van der Waals surface area contributed by atoms with E-state index in [1.807, 2.05) is 0 Å². The lowest BCUT2D eigenvalue weighted by molar-refractivity contribution is -0.133. The molecule has 2 atom stereocenters. The highest BCUT2D eigenvalue weighted by Gasteiger charge is 2.48. The molecule has 2 saturated heterocycles. The Bertz CT molecular complexity index is 571. The fraction of sp³-hybridized carbons (Fsp3) is 0.667. The van der Waals surface area contributed by atoms with Crippen LogP contribution < -0.4 is 0 Å². The monoisotopic (exact) mass is 342 g/mol. The summed E-state index contributed by atoms with van der Waals surface area (Å²) in [5, 5.41) is 0. The van der Waals surface area contributed by atoms with E-state index in [1.54, 1.807) is 0 Å². The summed E-state index contributed by atoms with van der Waals surface area (Å²) in [5.41, 5.74) is 1.36. The predicted molar refractivity (Wildman–Crippen MR) is 98.1 cm³/mol. The molecule has 25 heavy (non-hydrogen) atoms. The summed E-state index contributed by atoms with van der Waals surface area (Å²) in [5.74, 6) is 2.10. The largest absolute Gasteiger partial charge is 0.381 e. The lowest BCUT2D eigenvalue weighted by Gasteiger charge is -2.24. The molecule has 1 aromatic rings. The smallest absolute Gasteiger partial charge is 0.226 e. The average molecular weight is 342 g/mol. The average Bonchev–Trinajstić information content (AvgIpc) is 3.47. The van der Waals surface area contributed by atoms with Crippen molar-refractivity contribution < 1.29 is 9.53 Å². The van der Waals surface area contributed by atoms with Crippen LogP contribution in [0.25, 0.3) is 0 Å². The second kappa shape index (κ2) is 7.88. The lowest BCUT2D eigenvalue weighted by atomic mass is 9.93. The predicted octanol–water partition coefficient (Wildman–Crippen LogP) is 2.78. The molecule has 4 rings (SSSR count). The van der Waals surface area contributed by atoms with Crippen LogP contribution in [0.4, 0.5) is 0 Å². The van der Waals surface area contributed by atoms with Crippen molar-refractivity contribution in [2.45, 2.75) is 32.2 Å². The maximum absolute atomic E-state index is 12.9. The Morgan fingerprint density at radius 1 is 1.04 bits per heavy atom. The third-order valence-corrected chi connectivity index (χ3v) is 6.18. The van der Waals surface area contributed by atoms with Crippen LogP contribution in [0.15, 0.2) is 30.3 Å². The van der Waals surface area contributed by atoms with E-state index in [-0.39, 0.29) is 0 Å². The fourth-order valence-corrected chi connectivity index (χ4v) is 4.59. The topological polar surface area (TPSA) is 32.8 Å². The Morgan fingerprint density at radius 3 is 2.64 bits per heavy atom. The van der Waals surface area contributed by atoms with Crippen molar-refractivity contribution in [1.29, 1.82) is 0 Å². The molecule has 1 aliphatic carbocycles. The second-order valence-electron chi connectivity index (χ2n) is 7.90.